The number of carbonyl (C=O) groups excluding carboxylic acids is 1. The summed E-state index contributed by atoms with van der Waals surface area (Å²) in [4.78, 5) is 29.9. The molecule has 98 valence electrons. The van der Waals surface area contributed by atoms with E-state index >= 15 is 0 Å². The number of carboxylic acids is 1. The zero-order valence-corrected chi connectivity index (χ0v) is 10.6. The summed E-state index contributed by atoms with van der Waals surface area (Å²) in [5, 5.41) is 13.8. The first-order valence-electron chi connectivity index (χ1n) is 5.17. The van der Waals surface area contributed by atoms with Crippen molar-refractivity contribution in [3.8, 4) is 0 Å². The minimum absolute atomic E-state index is 0.370. The molecule has 0 radical (unpaired) electrons. The molecule has 8 heteroatoms. The molecule has 0 saturated heterocycles. The monoisotopic (exact) mass is 270 g/mol. The number of thioether (sulfide) groups is 1. The number of carbonyl (C=O) groups is 2. The van der Waals surface area contributed by atoms with Gasteiger partial charge in [-0.15, -0.1) is 0 Å². The van der Waals surface area contributed by atoms with Crippen molar-refractivity contribution in [2.45, 2.75) is 12.5 Å². The number of hydrogen-bond acceptors (Lipinski definition) is 5. The zero-order valence-electron chi connectivity index (χ0n) is 9.79. The first kappa shape index (κ1) is 14.2. The van der Waals surface area contributed by atoms with Crippen LogP contribution >= 0.6 is 11.8 Å². The second kappa shape index (κ2) is 7.49. The van der Waals surface area contributed by atoms with Gasteiger partial charge in [0.25, 0.3) is 0 Å². The average molecular weight is 270 g/mol. The predicted molar refractivity (Wildman–Crippen MR) is 68.6 cm³/mol. The molecule has 0 aliphatic carbocycles. The van der Waals surface area contributed by atoms with Crippen molar-refractivity contribution in [1.29, 1.82) is 0 Å². The van der Waals surface area contributed by atoms with Crippen LogP contribution in [0.25, 0.3) is 0 Å². The van der Waals surface area contributed by atoms with Crippen molar-refractivity contribution in [1.82, 2.24) is 15.3 Å². The first-order valence-corrected chi connectivity index (χ1v) is 6.57. The Morgan fingerprint density at radius 3 is 2.67 bits per heavy atom. The van der Waals surface area contributed by atoms with E-state index in [2.05, 4.69) is 20.6 Å². The van der Waals surface area contributed by atoms with Crippen LogP contribution in [0.4, 0.5) is 10.5 Å². The molecule has 0 aliphatic heterocycles. The van der Waals surface area contributed by atoms with Gasteiger partial charge in [-0.05, 0) is 18.4 Å². The number of amides is 2. The fourth-order valence-corrected chi connectivity index (χ4v) is 1.65. The second-order valence-corrected chi connectivity index (χ2v) is 4.38. The van der Waals surface area contributed by atoms with Gasteiger partial charge in [-0.2, -0.15) is 11.8 Å². The Morgan fingerprint density at radius 1 is 1.44 bits per heavy atom. The van der Waals surface area contributed by atoms with E-state index in [4.69, 9.17) is 5.11 Å². The highest BCUT2D eigenvalue weighted by Gasteiger charge is 2.19. The maximum atomic E-state index is 11.5. The first-order chi connectivity index (χ1) is 8.63. The van der Waals surface area contributed by atoms with E-state index in [0.717, 1.165) is 0 Å². The van der Waals surface area contributed by atoms with E-state index in [1.807, 2.05) is 6.26 Å². The van der Waals surface area contributed by atoms with Gasteiger partial charge in [0.05, 0.1) is 18.1 Å². The van der Waals surface area contributed by atoms with Gasteiger partial charge in [-0.1, -0.05) is 0 Å². The molecule has 0 bridgehead atoms. The molecular weight excluding hydrogens is 256 g/mol. The van der Waals surface area contributed by atoms with Gasteiger partial charge in [0, 0.05) is 0 Å². The lowest BCUT2D eigenvalue weighted by molar-refractivity contribution is -0.139. The molecule has 3 N–H and O–H groups in total. The van der Waals surface area contributed by atoms with Gasteiger partial charge in [-0.25, -0.2) is 19.6 Å². The third-order valence-corrected chi connectivity index (χ3v) is 2.68. The van der Waals surface area contributed by atoms with Gasteiger partial charge < -0.3 is 15.7 Å². The van der Waals surface area contributed by atoms with E-state index in [1.54, 1.807) is 0 Å². The number of carboxylic acid groups (broad SMARTS) is 1. The SMILES string of the molecule is CSCC[C@H](NC(=O)Nc1cncnc1)C(=O)O. The fourth-order valence-electron chi connectivity index (χ4n) is 1.18. The molecule has 0 fully saturated rings. The smallest absolute Gasteiger partial charge is 0.326 e. The number of nitrogens with one attached hydrogen (secondary N) is 2. The molecule has 0 unspecified atom stereocenters. The molecule has 0 aromatic carbocycles. The number of anilines is 1. The van der Waals surface area contributed by atoms with Gasteiger partial charge in [0.1, 0.15) is 12.4 Å². The lowest BCUT2D eigenvalue weighted by atomic mass is 10.2. The minimum atomic E-state index is -1.05. The number of nitrogens with zero attached hydrogens (tertiary/aromatic N) is 2. The minimum Gasteiger partial charge on any atom is -0.480 e. The fraction of sp³-hybridized carbons (Fsp3) is 0.400. The summed E-state index contributed by atoms with van der Waals surface area (Å²) < 4.78 is 0. The molecule has 0 aliphatic rings. The van der Waals surface area contributed by atoms with Crippen LogP contribution in [0.3, 0.4) is 0 Å². The molecule has 2 amide bonds. The predicted octanol–water partition coefficient (Wildman–Crippen LogP) is 0.804. The number of hydrogen-bond donors (Lipinski definition) is 3. The highest BCUT2D eigenvalue weighted by atomic mass is 32.2. The lowest BCUT2D eigenvalue weighted by Crippen LogP contribution is -2.43. The third kappa shape index (κ3) is 5.00. The Labute approximate surface area is 108 Å². The summed E-state index contributed by atoms with van der Waals surface area (Å²) in [6, 6.07) is -1.49. The Balaban J connectivity index is 2.48. The Morgan fingerprint density at radius 2 is 2.11 bits per heavy atom. The van der Waals surface area contributed by atoms with Crippen LogP contribution in [-0.4, -0.2) is 45.1 Å². The van der Waals surface area contributed by atoms with Crippen molar-refractivity contribution in [2.24, 2.45) is 0 Å². The molecule has 18 heavy (non-hydrogen) atoms. The number of urea groups is 1. The van der Waals surface area contributed by atoms with E-state index in [1.165, 1.54) is 30.5 Å². The lowest BCUT2D eigenvalue weighted by Gasteiger charge is -2.14. The molecule has 7 nitrogen and oxygen atoms in total. The Bertz CT molecular complexity index is 401. The highest BCUT2D eigenvalue weighted by molar-refractivity contribution is 7.98. The Hall–Kier alpha value is -1.83. The van der Waals surface area contributed by atoms with Crippen molar-refractivity contribution in [3.05, 3.63) is 18.7 Å². The van der Waals surface area contributed by atoms with Gasteiger partial charge in [0.15, 0.2) is 0 Å². The average Bonchev–Trinajstić information content (AvgIpc) is 2.35. The van der Waals surface area contributed by atoms with Crippen molar-refractivity contribution < 1.29 is 14.7 Å². The van der Waals surface area contributed by atoms with Crippen molar-refractivity contribution in [2.75, 3.05) is 17.3 Å². The standard InChI is InChI=1S/C10H14N4O3S/c1-18-3-2-8(9(15)16)14-10(17)13-7-4-11-6-12-5-7/h4-6,8H,2-3H2,1H3,(H,15,16)(H2,13,14,17)/t8-/m0/s1. The molecule has 1 atom stereocenters. The zero-order chi connectivity index (χ0) is 13.4. The normalized spacial score (nSPS) is 11.6. The summed E-state index contributed by atoms with van der Waals surface area (Å²) >= 11 is 1.52. The molecule has 1 rings (SSSR count). The quantitative estimate of drug-likeness (QED) is 0.706. The van der Waals surface area contributed by atoms with Gasteiger partial charge in [0.2, 0.25) is 0 Å². The molecule has 0 spiro atoms. The van der Waals surface area contributed by atoms with Crippen LogP contribution in [0.1, 0.15) is 6.42 Å². The third-order valence-electron chi connectivity index (χ3n) is 2.03. The maximum absolute atomic E-state index is 11.5. The van der Waals surface area contributed by atoms with Gasteiger partial charge in [-0.3, -0.25) is 0 Å². The summed E-state index contributed by atoms with van der Waals surface area (Å²) in [6.45, 7) is 0. The van der Waals surface area contributed by atoms with Crippen molar-refractivity contribution >= 4 is 29.4 Å². The number of aromatic nitrogens is 2. The summed E-state index contributed by atoms with van der Waals surface area (Å²) in [7, 11) is 0. The van der Waals surface area contributed by atoms with Crippen LogP contribution in [0.15, 0.2) is 18.7 Å². The van der Waals surface area contributed by atoms with Crippen LogP contribution in [0.5, 0.6) is 0 Å². The molecule has 1 aromatic heterocycles. The maximum Gasteiger partial charge on any atom is 0.326 e. The topological polar surface area (TPSA) is 104 Å². The van der Waals surface area contributed by atoms with E-state index in [-0.39, 0.29) is 0 Å². The van der Waals surface area contributed by atoms with Crippen LogP contribution in [0, 0.1) is 0 Å². The second-order valence-electron chi connectivity index (χ2n) is 3.40. The summed E-state index contributed by atoms with van der Waals surface area (Å²) in [6.07, 6.45) is 6.42. The molecule has 0 saturated carbocycles. The van der Waals surface area contributed by atoms with Crippen LogP contribution in [0.2, 0.25) is 0 Å². The molecular formula is C10H14N4O3S. The van der Waals surface area contributed by atoms with E-state index in [9.17, 15) is 9.59 Å². The number of rotatable bonds is 6. The van der Waals surface area contributed by atoms with Crippen LogP contribution < -0.4 is 10.6 Å². The van der Waals surface area contributed by atoms with Crippen molar-refractivity contribution in [3.63, 3.8) is 0 Å². The molecule has 1 aromatic rings. The summed E-state index contributed by atoms with van der Waals surface area (Å²) in [5.74, 6) is -0.394. The summed E-state index contributed by atoms with van der Waals surface area (Å²) in [5.41, 5.74) is 0.406. The number of aliphatic carboxylic acids is 1. The Kier molecular flexibility index (Phi) is 5.92. The highest BCUT2D eigenvalue weighted by Crippen LogP contribution is 2.03. The van der Waals surface area contributed by atoms with E-state index < -0.39 is 18.0 Å². The van der Waals surface area contributed by atoms with Gasteiger partial charge >= 0.3 is 12.0 Å². The van der Waals surface area contributed by atoms with Crippen LogP contribution in [-0.2, 0) is 4.79 Å². The van der Waals surface area contributed by atoms with E-state index in [0.29, 0.717) is 17.9 Å². The molecule has 1 heterocycles. The largest absolute Gasteiger partial charge is 0.480 e.